The zero-order valence-corrected chi connectivity index (χ0v) is 13.7. The van der Waals surface area contributed by atoms with E-state index in [1.54, 1.807) is 19.3 Å². The Morgan fingerprint density at radius 1 is 1.09 bits per heavy atom. The van der Waals surface area contributed by atoms with Crippen LogP contribution in [0, 0.1) is 13.8 Å². The van der Waals surface area contributed by atoms with E-state index < -0.39 is 0 Å². The monoisotopic (exact) mass is 312 g/mol. The summed E-state index contributed by atoms with van der Waals surface area (Å²) >= 11 is 0. The van der Waals surface area contributed by atoms with E-state index in [0.29, 0.717) is 11.5 Å². The highest BCUT2D eigenvalue weighted by Gasteiger charge is 2.16. The third kappa shape index (κ3) is 3.54. The minimum Gasteiger partial charge on any atom is -0.507 e. The summed E-state index contributed by atoms with van der Waals surface area (Å²) in [6.45, 7) is 3.77. The lowest BCUT2D eigenvalue weighted by Crippen LogP contribution is -2.00. The number of allylic oxidation sites excluding steroid dienone is 1. The minimum absolute atomic E-state index is 0.0896. The van der Waals surface area contributed by atoms with Crippen LogP contribution in [0.25, 0.3) is 6.08 Å². The molecule has 0 saturated heterocycles. The number of ether oxygens (including phenoxy) is 2. The summed E-state index contributed by atoms with van der Waals surface area (Å²) < 4.78 is 10.5. The maximum atomic E-state index is 12.5. The van der Waals surface area contributed by atoms with E-state index in [2.05, 4.69) is 0 Å². The number of carbonyl (C=O) groups is 1. The average Bonchev–Trinajstić information content (AvgIpc) is 2.52. The lowest BCUT2D eigenvalue weighted by molar-refractivity contribution is 0.104. The normalized spacial score (nSPS) is 10.8. The van der Waals surface area contributed by atoms with E-state index in [0.717, 1.165) is 16.7 Å². The van der Waals surface area contributed by atoms with Crippen LogP contribution in [0.3, 0.4) is 0 Å². The lowest BCUT2D eigenvalue weighted by atomic mass is 10.0. The van der Waals surface area contributed by atoms with Crippen LogP contribution >= 0.6 is 0 Å². The van der Waals surface area contributed by atoms with Gasteiger partial charge < -0.3 is 14.6 Å². The number of ketones is 1. The molecule has 0 radical (unpaired) electrons. The molecular formula is C19H20O4. The first kappa shape index (κ1) is 16.6. The van der Waals surface area contributed by atoms with Gasteiger partial charge >= 0.3 is 0 Å². The molecule has 0 heterocycles. The predicted octanol–water partition coefficient (Wildman–Crippen LogP) is 3.92. The van der Waals surface area contributed by atoms with Crippen LogP contribution in [0.5, 0.6) is 17.2 Å². The minimum atomic E-state index is -0.329. The Morgan fingerprint density at radius 2 is 1.78 bits per heavy atom. The Kier molecular flexibility index (Phi) is 5.06. The van der Waals surface area contributed by atoms with Gasteiger partial charge in [0.2, 0.25) is 0 Å². The number of rotatable bonds is 5. The first-order valence-electron chi connectivity index (χ1n) is 7.21. The molecule has 0 fully saturated rings. The van der Waals surface area contributed by atoms with Gasteiger partial charge in [0, 0.05) is 5.56 Å². The second kappa shape index (κ2) is 7.01. The highest BCUT2D eigenvalue weighted by Crippen LogP contribution is 2.31. The highest BCUT2D eigenvalue weighted by molar-refractivity contribution is 6.10. The van der Waals surface area contributed by atoms with Gasteiger partial charge in [-0.3, -0.25) is 4.79 Å². The number of carbonyl (C=O) groups excluding carboxylic acids is 1. The van der Waals surface area contributed by atoms with E-state index in [-0.39, 0.29) is 17.1 Å². The summed E-state index contributed by atoms with van der Waals surface area (Å²) in [4.78, 5) is 12.5. The number of methoxy groups -OCH3 is 2. The van der Waals surface area contributed by atoms with Gasteiger partial charge in [-0.05, 0) is 55.3 Å². The van der Waals surface area contributed by atoms with Crippen molar-refractivity contribution in [3.63, 3.8) is 0 Å². The van der Waals surface area contributed by atoms with Crippen molar-refractivity contribution in [2.24, 2.45) is 0 Å². The van der Waals surface area contributed by atoms with Crippen LogP contribution in [-0.2, 0) is 0 Å². The number of benzene rings is 2. The number of aryl methyl sites for hydroxylation is 2. The van der Waals surface area contributed by atoms with Crippen molar-refractivity contribution >= 4 is 11.9 Å². The molecule has 2 aromatic rings. The fourth-order valence-corrected chi connectivity index (χ4v) is 2.43. The lowest BCUT2D eigenvalue weighted by Gasteiger charge is -2.10. The molecule has 0 amide bonds. The van der Waals surface area contributed by atoms with Gasteiger partial charge in [-0.15, -0.1) is 0 Å². The second-order valence-electron chi connectivity index (χ2n) is 5.25. The molecule has 0 bridgehead atoms. The SMILES string of the molecule is COc1cccc(C)c1/C=C/C(=O)c1c(O)cc(C)cc1OC. The molecule has 0 aliphatic carbocycles. The highest BCUT2D eigenvalue weighted by atomic mass is 16.5. The number of phenols is 1. The molecule has 4 heteroatoms. The van der Waals surface area contributed by atoms with E-state index in [1.807, 2.05) is 32.0 Å². The van der Waals surface area contributed by atoms with Gasteiger partial charge in [0.25, 0.3) is 0 Å². The summed E-state index contributed by atoms with van der Waals surface area (Å²) in [5.41, 5.74) is 2.80. The zero-order valence-electron chi connectivity index (χ0n) is 13.7. The number of phenolic OH excluding ortho intramolecular Hbond substituents is 1. The summed E-state index contributed by atoms with van der Waals surface area (Å²) in [5.74, 6) is 0.626. The molecule has 2 rings (SSSR count). The molecule has 0 aliphatic rings. The molecule has 23 heavy (non-hydrogen) atoms. The predicted molar refractivity (Wildman–Crippen MR) is 90.5 cm³/mol. The Labute approximate surface area is 136 Å². The molecule has 0 aromatic heterocycles. The first-order valence-corrected chi connectivity index (χ1v) is 7.21. The van der Waals surface area contributed by atoms with Gasteiger partial charge in [0.15, 0.2) is 5.78 Å². The summed E-state index contributed by atoms with van der Waals surface area (Å²) in [5, 5.41) is 10.1. The summed E-state index contributed by atoms with van der Waals surface area (Å²) in [6, 6.07) is 8.92. The number of aromatic hydroxyl groups is 1. The van der Waals surface area contributed by atoms with Crippen molar-refractivity contribution in [3.8, 4) is 17.2 Å². The Bertz CT molecular complexity index is 760. The van der Waals surface area contributed by atoms with Crippen LogP contribution in [0.1, 0.15) is 27.0 Å². The Hall–Kier alpha value is -2.75. The van der Waals surface area contributed by atoms with Crippen LogP contribution in [0.4, 0.5) is 0 Å². The third-order valence-corrected chi connectivity index (χ3v) is 3.60. The van der Waals surface area contributed by atoms with Crippen molar-refractivity contribution in [1.82, 2.24) is 0 Å². The molecule has 0 spiro atoms. The second-order valence-corrected chi connectivity index (χ2v) is 5.25. The van der Waals surface area contributed by atoms with Crippen LogP contribution in [0.15, 0.2) is 36.4 Å². The maximum Gasteiger partial charge on any atom is 0.193 e. The fourth-order valence-electron chi connectivity index (χ4n) is 2.43. The van der Waals surface area contributed by atoms with Crippen LogP contribution in [-0.4, -0.2) is 25.1 Å². The summed E-state index contributed by atoms with van der Waals surface area (Å²) in [6.07, 6.45) is 3.10. The van der Waals surface area contributed by atoms with Crippen LogP contribution in [0.2, 0.25) is 0 Å². The number of hydrogen-bond donors (Lipinski definition) is 1. The Morgan fingerprint density at radius 3 is 2.43 bits per heavy atom. The van der Waals surface area contributed by atoms with Gasteiger partial charge in [0.1, 0.15) is 22.8 Å². The molecule has 0 aliphatic heterocycles. The van der Waals surface area contributed by atoms with Crippen molar-refractivity contribution < 1.29 is 19.4 Å². The largest absolute Gasteiger partial charge is 0.507 e. The van der Waals surface area contributed by atoms with Crippen molar-refractivity contribution in [2.45, 2.75) is 13.8 Å². The first-order chi connectivity index (χ1) is 11.0. The number of hydrogen-bond acceptors (Lipinski definition) is 4. The molecule has 0 unspecified atom stereocenters. The van der Waals surface area contributed by atoms with E-state index in [1.165, 1.54) is 19.3 Å². The van der Waals surface area contributed by atoms with Crippen LogP contribution < -0.4 is 9.47 Å². The molecule has 0 saturated carbocycles. The van der Waals surface area contributed by atoms with E-state index >= 15 is 0 Å². The van der Waals surface area contributed by atoms with Crippen molar-refractivity contribution in [3.05, 3.63) is 58.7 Å². The molecule has 120 valence electrons. The quantitative estimate of drug-likeness (QED) is 0.671. The topological polar surface area (TPSA) is 55.8 Å². The van der Waals surface area contributed by atoms with Crippen molar-refractivity contribution in [1.29, 1.82) is 0 Å². The fraction of sp³-hybridized carbons (Fsp3) is 0.211. The molecule has 0 atom stereocenters. The summed E-state index contributed by atoms with van der Waals surface area (Å²) in [7, 11) is 3.06. The van der Waals surface area contributed by atoms with Gasteiger partial charge in [-0.25, -0.2) is 0 Å². The Balaban J connectivity index is 2.41. The average molecular weight is 312 g/mol. The third-order valence-electron chi connectivity index (χ3n) is 3.60. The maximum absolute atomic E-state index is 12.5. The smallest absolute Gasteiger partial charge is 0.193 e. The van der Waals surface area contributed by atoms with E-state index in [9.17, 15) is 9.90 Å². The van der Waals surface area contributed by atoms with E-state index in [4.69, 9.17) is 9.47 Å². The van der Waals surface area contributed by atoms with Gasteiger partial charge in [0.05, 0.1) is 14.2 Å². The zero-order chi connectivity index (χ0) is 17.0. The molecule has 4 nitrogen and oxygen atoms in total. The molecular weight excluding hydrogens is 292 g/mol. The van der Waals surface area contributed by atoms with Gasteiger partial charge in [-0.2, -0.15) is 0 Å². The standard InChI is InChI=1S/C19H20O4/c1-12-10-16(21)19(18(11-12)23-4)15(20)9-8-14-13(2)6-5-7-17(14)22-3/h5-11,21H,1-4H3/b9-8+. The molecule has 2 aromatic carbocycles. The molecule has 1 N–H and O–H groups in total. The van der Waals surface area contributed by atoms with Gasteiger partial charge in [-0.1, -0.05) is 12.1 Å². The van der Waals surface area contributed by atoms with Crippen molar-refractivity contribution in [2.75, 3.05) is 14.2 Å².